The van der Waals surface area contributed by atoms with Crippen molar-refractivity contribution in [2.24, 2.45) is 5.41 Å². The summed E-state index contributed by atoms with van der Waals surface area (Å²) in [7, 11) is 0. The molecular weight excluding hydrogens is 332 g/mol. The van der Waals surface area contributed by atoms with E-state index in [4.69, 9.17) is 4.74 Å². The molecule has 2 atom stereocenters. The number of ether oxygens (including phenoxy) is 1. The second-order valence-electron chi connectivity index (χ2n) is 8.45. The zero-order valence-electron chi connectivity index (χ0n) is 15.1. The molecule has 1 aromatic heterocycles. The summed E-state index contributed by atoms with van der Waals surface area (Å²) >= 11 is 0. The Balaban J connectivity index is 1.13. The molecule has 3 aliphatic heterocycles. The van der Waals surface area contributed by atoms with Crippen LogP contribution in [-0.4, -0.2) is 58.1 Å². The first-order valence-corrected chi connectivity index (χ1v) is 9.87. The maximum atomic E-state index is 12.6. The lowest BCUT2D eigenvalue weighted by Gasteiger charge is -2.19. The largest absolute Gasteiger partial charge is 0.377 e. The van der Waals surface area contributed by atoms with E-state index in [1.54, 1.807) is 6.20 Å². The Morgan fingerprint density at radius 1 is 1.35 bits per heavy atom. The summed E-state index contributed by atoms with van der Waals surface area (Å²) < 4.78 is 7.83. The van der Waals surface area contributed by atoms with E-state index in [1.165, 1.54) is 12.8 Å². The van der Waals surface area contributed by atoms with E-state index in [1.807, 2.05) is 9.47 Å². The van der Waals surface area contributed by atoms with Crippen LogP contribution in [0.5, 0.6) is 0 Å². The van der Waals surface area contributed by atoms with Crippen LogP contribution in [0.15, 0.2) is 6.20 Å². The predicted molar refractivity (Wildman–Crippen MR) is 93.6 cm³/mol. The lowest BCUT2D eigenvalue weighted by Crippen LogP contribution is -2.39. The van der Waals surface area contributed by atoms with Gasteiger partial charge in [-0.25, -0.2) is 4.98 Å². The second-order valence-corrected chi connectivity index (χ2v) is 8.45. The Morgan fingerprint density at radius 2 is 2.23 bits per heavy atom. The van der Waals surface area contributed by atoms with Crippen molar-refractivity contribution >= 4 is 11.8 Å². The third-order valence-corrected chi connectivity index (χ3v) is 6.47. The number of rotatable bonds is 4. The zero-order valence-corrected chi connectivity index (χ0v) is 15.1. The summed E-state index contributed by atoms with van der Waals surface area (Å²) in [4.78, 5) is 31.3. The van der Waals surface area contributed by atoms with Crippen molar-refractivity contribution in [1.29, 1.82) is 0 Å². The first-order chi connectivity index (χ1) is 12.6. The fourth-order valence-corrected chi connectivity index (χ4v) is 4.68. The molecule has 2 unspecified atom stereocenters. The number of carbonyl (C=O) groups excluding carboxylic acids is 2. The average molecular weight is 358 g/mol. The smallest absolute Gasteiger partial charge is 0.269 e. The van der Waals surface area contributed by atoms with Gasteiger partial charge in [0.25, 0.3) is 5.91 Å². The highest BCUT2D eigenvalue weighted by Gasteiger charge is 2.49. The highest BCUT2D eigenvalue weighted by molar-refractivity contribution is 5.93. The van der Waals surface area contributed by atoms with Gasteiger partial charge in [0.1, 0.15) is 11.5 Å². The van der Waals surface area contributed by atoms with Gasteiger partial charge in [0, 0.05) is 32.1 Å². The molecule has 4 aliphatic rings. The first-order valence-electron chi connectivity index (χ1n) is 9.87. The van der Waals surface area contributed by atoms with Crippen LogP contribution < -0.4 is 5.32 Å². The van der Waals surface area contributed by atoms with Gasteiger partial charge in [-0.3, -0.25) is 9.59 Å². The van der Waals surface area contributed by atoms with E-state index >= 15 is 0 Å². The Labute approximate surface area is 153 Å². The number of imidazole rings is 1. The molecule has 2 amide bonds. The summed E-state index contributed by atoms with van der Waals surface area (Å²) in [5.41, 5.74) is 1.06. The molecule has 7 nitrogen and oxygen atoms in total. The summed E-state index contributed by atoms with van der Waals surface area (Å²) in [5, 5.41) is 3.09. The summed E-state index contributed by atoms with van der Waals surface area (Å²) in [6.07, 6.45) is 8.62. The van der Waals surface area contributed by atoms with Crippen molar-refractivity contribution < 1.29 is 14.3 Å². The van der Waals surface area contributed by atoms with Gasteiger partial charge in [0.2, 0.25) is 5.91 Å². The van der Waals surface area contributed by atoms with Crippen molar-refractivity contribution in [3.05, 3.63) is 17.7 Å². The molecule has 1 aromatic rings. The monoisotopic (exact) mass is 358 g/mol. The normalized spacial score (nSPS) is 28.5. The number of likely N-dealkylation sites (tertiary alicyclic amines) is 1. The first kappa shape index (κ1) is 16.3. The Hall–Kier alpha value is -1.89. The topological polar surface area (TPSA) is 76.5 Å². The van der Waals surface area contributed by atoms with E-state index in [0.29, 0.717) is 30.6 Å². The lowest BCUT2D eigenvalue weighted by atomic mass is 10.0. The van der Waals surface area contributed by atoms with Crippen molar-refractivity contribution in [2.75, 3.05) is 19.7 Å². The zero-order chi connectivity index (χ0) is 17.7. The molecule has 26 heavy (non-hydrogen) atoms. The lowest BCUT2D eigenvalue weighted by molar-refractivity contribution is -0.132. The second kappa shape index (κ2) is 6.08. The number of carbonyl (C=O) groups is 2. The summed E-state index contributed by atoms with van der Waals surface area (Å²) in [5.74, 6) is 1.10. The Kier molecular flexibility index (Phi) is 3.81. The predicted octanol–water partition coefficient (Wildman–Crippen LogP) is 1.12. The van der Waals surface area contributed by atoms with Gasteiger partial charge in [0.05, 0.1) is 25.3 Å². The highest BCUT2D eigenvalue weighted by atomic mass is 16.5. The molecule has 0 bridgehead atoms. The van der Waals surface area contributed by atoms with Crippen LogP contribution in [0, 0.1) is 5.41 Å². The average Bonchev–Trinajstić information content (AvgIpc) is 3.06. The van der Waals surface area contributed by atoms with Gasteiger partial charge >= 0.3 is 0 Å². The number of amides is 2. The van der Waals surface area contributed by atoms with Gasteiger partial charge in [0.15, 0.2) is 0 Å². The summed E-state index contributed by atoms with van der Waals surface area (Å²) in [6, 6.07) is 0.0262. The van der Waals surface area contributed by atoms with Crippen molar-refractivity contribution in [3.8, 4) is 0 Å². The number of hydrogen-bond donors (Lipinski definition) is 1. The SMILES string of the molecule is O=C(NC1CCN(C(=O)CC2CC3(CC3)CO2)C1)c1cnc2n1CCC2. The molecular formula is C19H26N4O3. The van der Waals surface area contributed by atoms with Gasteiger partial charge in [-0.05, 0) is 37.5 Å². The van der Waals surface area contributed by atoms with Crippen LogP contribution in [-0.2, 0) is 22.5 Å². The third-order valence-electron chi connectivity index (χ3n) is 6.47. The Morgan fingerprint density at radius 3 is 3.04 bits per heavy atom. The van der Waals surface area contributed by atoms with E-state index in [-0.39, 0.29) is 24.0 Å². The van der Waals surface area contributed by atoms with Crippen LogP contribution >= 0.6 is 0 Å². The molecule has 1 saturated carbocycles. The number of aryl methyl sites for hydroxylation is 1. The van der Waals surface area contributed by atoms with Gasteiger partial charge < -0.3 is 19.5 Å². The molecule has 1 spiro atoms. The molecule has 3 fully saturated rings. The van der Waals surface area contributed by atoms with Gasteiger partial charge in [-0.2, -0.15) is 0 Å². The number of hydrogen-bond acceptors (Lipinski definition) is 4. The van der Waals surface area contributed by atoms with Crippen molar-refractivity contribution in [2.45, 2.75) is 63.6 Å². The molecule has 0 aromatic carbocycles. The van der Waals surface area contributed by atoms with Crippen LogP contribution in [0.4, 0.5) is 0 Å². The number of aromatic nitrogens is 2. The maximum Gasteiger partial charge on any atom is 0.269 e. The van der Waals surface area contributed by atoms with E-state index < -0.39 is 0 Å². The van der Waals surface area contributed by atoms with E-state index in [2.05, 4.69) is 10.3 Å². The van der Waals surface area contributed by atoms with E-state index in [9.17, 15) is 9.59 Å². The van der Waals surface area contributed by atoms with E-state index in [0.717, 1.165) is 44.7 Å². The number of nitrogens with zero attached hydrogens (tertiary/aromatic N) is 3. The number of fused-ring (bicyclic) bond motifs is 1. The summed E-state index contributed by atoms with van der Waals surface area (Å²) in [6.45, 7) is 3.02. The van der Waals surface area contributed by atoms with Crippen LogP contribution in [0.25, 0.3) is 0 Å². The standard InChI is InChI=1S/C19H26N4O3/c24-17(8-14-9-19(4-5-19)12-26-14)22-7-3-13(11-22)21-18(25)15-10-20-16-2-1-6-23(15)16/h10,13-14H,1-9,11-12H2,(H,21,25). The fourth-order valence-electron chi connectivity index (χ4n) is 4.68. The minimum atomic E-state index is -0.0697. The molecule has 5 rings (SSSR count). The van der Waals surface area contributed by atoms with Gasteiger partial charge in [-0.1, -0.05) is 0 Å². The van der Waals surface area contributed by atoms with Crippen LogP contribution in [0.1, 0.15) is 54.8 Å². The molecule has 7 heteroatoms. The minimum absolute atomic E-state index is 0.0262. The van der Waals surface area contributed by atoms with Crippen molar-refractivity contribution in [1.82, 2.24) is 19.8 Å². The third kappa shape index (κ3) is 2.92. The van der Waals surface area contributed by atoms with Crippen LogP contribution in [0.2, 0.25) is 0 Å². The van der Waals surface area contributed by atoms with Gasteiger partial charge in [-0.15, -0.1) is 0 Å². The number of nitrogens with one attached hydrogen (secondary N) is 1. The Bertz CT molecular complexity index is 739. The minimum Gasteiger partial charge on any atom is -0.377 e. The molecule has 1 N–H and O–H groups in total. The molecule has 0 radical (unpaired) electrons. The molecule has 1 aliphatic carbocycles. The fraction of sp³-hybridized carbons (Fsp3) is 0.737. The van der Waals surface area contributed by atoms with Crippen molar-refractivity contribution in [3.63, 3.8) is 0 Å². The molecule has 2 saturated heterocycles. The quantitative estimate of drug-likeness (QED) is 0.875. The maximum absolute atomic E-state index is 12.6. The molecule has 4 heterocycles. The molecule has 140 valence electrons. The van der Waals surface area contributed by atoms with Crippen LogP contribution in [0.3, 0.4) is 0 Å². The highest BCUT2D eigenvalue weighted by Crippen LogP contribution is 2.54.